The van der Waals surface area contributed by atoms with Crippen molar-refractivity contribution in [2.45, 2.75) is 6.04 Å². The smallest absolute Gasteiger partial charge is 0.147 e. The third kappa shape index (κ3) is 3.01. The third-order valence-corrected chi connectivity index (χ3v) is 4.18. The van der Waals surface area contributed by atoms with E-state index in [1.165, 1.54) is 5.56 Å². The van der Waals surface area contributed by atoms with Crippen LogP contribution in [0.2, 0.25) is 0 Å². The van der Waals surface area contributed by atoms with E-state index in [2.05, 4.69) is 71.1 Å². The van der Waals surface area contributed by atoms with Gasteiger partial charge in [-0.05, 0) is 17.7 Å². The lowest BCUT2D eigenvalue weighted by molar-refractivity contribution is 0.611. The molecule has 0 bridgehead atoms. The lowest BCUT2D eigenvalue weighted by Crippen LogP contribution is -2.48. The zero-order valence-electron chi connectivity index (χ0n) is 13.3. The van der Waals surface area contributed by atoms with Gasteiger partial charge in [-0.15, -0.1) is 0 Å². The fourth-order valence-corrected chi connectivity index (χ4v) is 2.94. The molecule has 1 unspecified atom stereocenters. The highest BCUT2D eigenvalue weighted by atomic mass is 15.5. The molecule has 1 N–H and O–H groups in total. The molecule has 1 heterocycles. The highest BCUT2D eigenvalue weighted by Crippen LogP contribution is 2.25. The third-order valence-electron chi connectivity index (χ3n) is 4.18. The van der Waals surface area contributed by atoms with Crippen molar-refractivity contribution in [3.63, 3.8) is 0 Å². The van der Waals surface area contributed by atoms with Gasteiger partial charge in [0, 0.05) is 5.56 Å². The summed E-state index contributed by atoms with van der Waals surface area (Å²) in [5, 5.41) is 2.17. The minimum Gasteiger partial charge on any atom is -0.284 e. The first-order valence-electron chi connectivity index (χ1n) is 8.17. The van der Waals surface area contributed by atoms with Gasteiger partial charge in [0.15, 0.2) is 0 Å². The van der Waals surface area contributed by atoms with Gasteiger partial charge in [-0.25, -0.2) is 0 Å². The second kappa shape index (κ2) is 6.59. The van der Waals surface area contributed by atoms with E-state index >= 15 is 0 Å². The van der Waals surface area contributed by atoms with Gasteiger partial charge in [-0.2, -0.15) is 0 Å². The Bertz CT molecular complexity index is 813. The van der Waals surface area contributed by atoms with Gasteiger partial charge in [0.05, 0.1) is 18.3 Å². The van der Waals surface area contributed by atoms with Gasteiger partial charge in [-0.3, -0.25) is 15.4 Å². The predicted octanol–water partition coefficient (Wildman–Crippen LogP) is 4.20. The van der Waals surface area contributed by atoms with Gasteiger partial charge in [0.1, 0.15) is 5.84 Å². The second-order valence-corrected chi connectivity index (χ2v) is 5.83. The Hall–Kier alpha value is -3.07. The first kappa shape index (κ1) is 14.5. The minimum atomic E-state index is 0.0999. The van der Waals surface area contributed by atoms with Crippen LogP contribution >= 0.6 is 0 Å². The Morgan fingerprint density at radius 2 is 1.33 bits per heavy atom. The van der Waals surface area contributed by atoms with Crippen LogP contribution in [0.25, 0.3) is 0 Å². The van der Waals surface area contributed by atoms with Crippen LogP contribution in [0.15, 0.2) is 96.0 Å². The second-order valence-electron chi connectivity index (χ2n) is 5.83. The van der Waals surface area contributed by atoms with E-state index in [0.717, 1.165) is 23.6 Å². The summed E-state index contributed by atoms with van der Waals surface area (Å²) in [5.74, 6) is 0.902. The number of para-hydroxylation sites is 1. The topological polar surface area (TPSA) is 27.6 Å². The molecule has 0 saturated carbocycles. The molecule has 3 aromatic carbocycles. The molecule has 0 radical (unpaired) electrons. The van der Waals surface area contributed by atoms with Crippen LogP contribution in [0.1, 0.15) is 17.2 Å². The summed E-state index contributed by atoms with van der Waals surface area (Å²) in [5.41, 5.74) is 6.94. The molecule has 0 aliphatic carbocycles. The number of amidine groups is 1. The lowest BCUT2D eigenvalue weighted by Gasteiger charge is -2.34. The largest absolute Gasteiger partial charge is 0.284 e. The van der Waals surface area contributed by atoms with Crippen LogP contribution in [-0.4, -0.2) is 12.4 Å². The van der Waals surface area contributed by atoms with Crippen LogP contribution in [0.5, 0.6) is 0 Å². The summed E-state index contributed by atoms with van der Waals surface area (Å²) in [6.45, 7) is 0.796. The summed E-state index contributed by atoms with van der Waals surface area (Å²) in [6, 6.07) is 31.2. The van der Waals surface area contributed by atoms with E-state index in [0.29, 0.717) is 0 Å². The monoisotopic (exact) mass is 313 g/mol. The molecule has 4 rings (SSSR count). The van der Waals surface area contributed by atoms with Crippen molar-refractivity contribution >= 4 is 11.5 Å². The molecule has 0 amide bonds. The van der Waals surface area contributed by atoms with Gasteiger partial charge in [0.2, 0.25) is 0 Å². The molecule has 118 valence electrons. The van der Waals surface area contributed by atoms with Gasteiger partial charge >= 0.3 is 0 Å². The molecular formula is C21H19N3. The van der Waals surface area contributed by atoms with Crippen LogP contribution in [0.3, 0.4) is 0 Å². The quantitative estimate of drug-likeness (QED) is 0.785. The average Bonchev–Trinajstić information content (AvgIpc) is 2.70. The van der Waals surface area contributed by atoms with Crippen LogP contribution in [0.4, 0.5) is 5.69 Å². The molecule has 3 heteroatoms. The molecule has 0 fully saturated rings. The van der Waals surface area contributed by atoms with Crippen molar-refractivity contribution in [1.29, 1.82) is 0 Å². The number of nitrogens with one attached hydrogen (secondary N) is 1. The first-order chi connectivity index (χ1) is 11.9. The first-order valence-corrected chi connectivity index (χ1v) is 8.17. The number of hydrazine groups is 1. The molecule has 0 aromatic heterocycles. The highest BCUT2D eigenvalue weighted by Gasteiger charge is 2.23. The van der Waals surface area contributed by atoms with Gasteiger partial charge in [0.25, 0.3) is 0 Å². The van der Waals surface area contributed by atoms with Crippen molar-refractivity contribution in [1.82, 2.24) is 5.43 Å². The number of aliphatic imine (C=N–C) groups is 1. The highest BCUT2D eigenvalue weighted by molar-refractivity contribution is 6.00. The van der Waals surface area contributed by atoms with E-state index in [4.69, 9.17) is 4.99 Å². The van der Waals surface area contributed by atoms with E-state index in [9.17, 15) is 0 Å². The summed E-state index contributed by atoms with van der Waals surface area (Å²) < 4.78 is 0. The molecule has 3 aromatic rings. The molecule has 1 aliphatic rings. The Kier molecular flexibility index (Phi) is 3.98. The Morgan fingerprint density at radius 1 is 0.750 bits per heavy atom. The van der Waals surface area contributed by atoms with Crippen molar-refractivity contribution in [2.24, 2.45) is 4.99 Å². The Morgan fingerprint density at radius 3 is 2.00 bits per heavy atom. The molecular weight excluding hydrogens is 294 g/mol. The van der Waals surface area contributed by atoms with E-state index in [1.807, 2.05) is 30.3 Å². The average molecular weight is 313 g/mol. The van der Waals surface area contributed by atoms with Crippen molar-refractivity contribution in [2.75, 3.05) is 11.6 Å². The fraction of sp³-hybridized carbons (Fsp3) is 0.0952. The molecule has 0 spiro atoms. The summed E-state index contributed by atoms with van der Waals surface area (Å²) in [6.07, 6.45) is 0. The molecule has 1 atom stereocenters. The maximum atomic E-state index is 4.96. The molecule has 24 heavy (non-hydrogen) atoms. The zero-order chi connectivity index (χ0) is 16.2. The van der Waals surface area contributed by atoms with E-state index in [1.54, 1.807) is 0 Å². The van der Waals surface area contributed by atoms with Crippen LogP contribution in [-0.2, 0) is 0 Å². The minimum absolute atomic E-state index is 0.0999. The Labute approximate surface area is 142 Å². The molecule has 3 nitrogen and oxygen atoms in total. The normalized spacial score (nSPS) is 17.1. The summed E-state index contributed by atoms with van der Waals surface area (Å²) in [7, 11) is 0. The van der Waals surface area contributed by atoms with Gasteiger partial charge in [-0.1, -0.05) is 78.9 Å². The Balaban J connectivity index is 1.73. The predicted molar refractivity (Wildman–Crippen MR) is 99.1 cm³/mol. The van der Waals surface area contributed by atoms with Crippen molar-refractivity contribution in [3.05, 3.63) is 102 Å². The SMILES string of the molecule is c1ccc(C2=NC(c3ccccc3)CN(c3ccccc3)N2)cc1. The maximum absolute atomic E-state index is 4.96. The number of hydrogen-bond acceptors (Lipinski definition) is 3. The number of benzene rings is 3. The number of nitrogens with zero attached hydrogens (tertiary/aromatic N) is 2. The maximum Gasteiger partial charge on any atom is 0.147 e. The van der Waals surface area contributed by atoms with Crippen LogP contribution < -0.4 is 10.4 Å². The standard InChI is InChI=1S/C21H19N3/c1-4-10-17(11-5-1)20-16-24(19-14-8-3-9-15-19)23-21(22-20)18-12-6-2-7-13-18/h1-15,20H,16H2,(H,22,23). The zero-order valence-corrected chi connectivity index (χ0v) is 13.3. The van der Waals surface area contributed by atoms with E-state index < -0.39 is 0 Å². The van der Waals surface area contributed by atoms with E-state index in [-0.39, 0.29) is 6.04 Å². The lowest BCUT2D eigenvalue weighted by atomic mass is 10.1. The summed E-state index contributed by atoms with van der Waals surface area (Å²) >= 11 is 0. The fourth-order valence-electron chi connectivity index (χ4n) is 2.94. The van der Waals surface area contributed by atoms with Crippen molar-refractivity contribution < 1.29 is 0 Å². The number of hydrogen-bond donors (Lipinski definition) is 1. The molecule has 0 saturated heterocycles. The van der Waals surface area contributed by atoms with Gasteiger partial charge < -0.3 is 0 Å². The summed E-state index contributed by atoms with van der Waals surface area (Å²) in [4.78, 5) is 4.96. The van der Waals surface area contributed by atoms with Crippen LogP contribution in [0, 0.1) is 0 Å². The number of anilines is 1. The molecule has 1 aliphatic heterocycles. The number of rotatable bonds is 3. The van der Waals surface area contributed by atoms with Crippen molar-refractivity contribution in [3.8, 4) is 0 Å².